The van der Waals surface area contributed by atoms with Crippen molar-refractivity contribution < 1.29 is 35.9 Å². The van der Waals surface area contributed by atoms with E-state index in [0.29, 0.717) is 11.8 Å². The number of alkyl halides is 3. The Morgan fingerprint density at radius 3 is 2.18 bits per heavy atom. The highest BCUT2D eigenvalue weighted by molar-refractivity contribution is 7.89. The molecule has 0 fully saturated rings. The number of hydrogen-bond acceptors (Lipinski definition) is 5. The van der Waals surface area contributed by atoms with Gasteiger partial charge < -0.3 is 10.1 Å². The number of anilines is 2. The van der Waals surface area contributed by atoms with Crippen molar-refractivity contribution in [2.45, 2.75) is 37.9 Å². The summed E-state index contributed by atoms with van der Waals surface area (Å²) >= 11 is 0. The van der Waals surface area contributed by atoms with Crippen LogP contribution in [-0.2, 0) is 25.7 Å². The van der Waals surface area contributed by atoms with Gasteiger partial charge in [0.15, 0.2) is 0 Å². The van der Waals surface area contributed by atoms with Crippen molar-refractivity contribution in [3.8, 4) is 0 Å². The molecule has 0 bridgehead atoms. The third kappa shape index (κ3) is 7.75. The van der Waals surface area contributed by atoms with E-state index in [0.717, 1.165) is 18.2 Å². The number of rotatable bonds is 8. The number of halogens is 3. The first-order valence-corrected chi connectivity index (χ1v) is 11.3. The van der Waals surface area contributed by atoms with Crippen LogP contribution >= 0.6 is 0 Å². The predicted molar refractivity (Wildman–Crippen MR) is 116 cm³/mol. The molecule has 0 radical (unpaired) electrons. The molecule has 180 valence electrons. The minimum absolute atomic E-state index is 0.148. The van der Waals surface area contributed by atoms with Crippen molar-refractivity contribution in [1.29, 1.82) is 0 Å². The van der Waals surface area contributed by atoms with Gasteiger partial charge in [0.1, 0.15) is 0 Å². The maximum absolute atomic E-state index is 13.2. The molecule has 2 aromatic rings. The molecule has 2 amide bonds. The van der Waals surface area contributed by atoms with Gasteiger partial charge in [-0.15, -0.1) is 0 Å². The minimum atomic E-state index is -4.89. The fraction of sp³-hybridized carbons (Fsp3) is 0.333. The quantitative estimate of drug-likeness (QED) is 0.516. The normalized spacial score (nSPS) is 12.8. The Bertz CT molecular complexity index is 1100. The standard InChI is InChI=1S/C21H24F3N3O5S/c1-13(2)12-32-20(29)26-16-8-6-7-15(11-16)25-19(28)14(3)27-33(30,31)18-10-5-4-9-17(18)21(22,23)24/h4-11,13-14,27H,12H2,1-3H3,(H,25,28)(H,26,29)/t14-/m0/s1. The van der Waals surface area contributed by atoms with E-state index >= 15 is 0 Å². The van der Waals surface area contributed by atoms with Gasteiger partial charge in [0, 0.05) is 11.4 Å². The number of hydrogen-bond donors (Lipinski definition) is 3. The second-order valence-electron chi connectivity index (χ2n) is 7.52. The van der Waals surface area contributed by atoms with Gasteiger partial charge in [0.05, 0.1) is 23.1 Å². The van der Waals surface area contributed by atoms with Crippen LogP contribution in [0.5, 0.6) is 0 Å². The Morgan fingerprint density at radius 1 is 0.970 bits per heavy atom. The van der Waals surface area contributed by atoms with E-state index in [1.807, 2.05) is 18.6 Å². The topological polar surface area (TPSA) is 114 Å². The molecular weight excluding hydrogens is 463 g/mol. The van der Waals surface area contributed by atoms with Crippen LogP contribution in [-0.4, -0.2) is 33.1 Å². The van der Waals surface area contributed by atoms with Crippen molar-refractivity contribution >= 4 is 33.4 Å². The number of nitrogens with one attached hydrogen (secondary N) is 3. The van der Waals surface area contributed by atoms with E-state index in [9.17, 15) is 31.2 Å². The lowest BCUT2D eigenvalue weighted by molar-refractivity contribution is -0.139. The van der Waals surface area contributed by atoms with Gasteiger partial charge in [-0.3, -0.25) is 10.1 Å². The zero-order chi connectivity index (χ0) is 24.8. The number of benzene rings is 2. The zero-order valence-electron chi connectivity index (χ0n) is 18.1. The highest BCUT2D eigenvalue weighted by Gasteiger charge is 2.37. The maximum atomic E-state index is 13.2. The number of sulfonamides is 1. The molecule has 0 heterocycles. The van der Waals surface area contributed by atoms with Crippen molar-refractivity contribution in [3.05, 3.63) is 54.1 Å². The Balaban J connectivity index is 2.08. The van der Waals surface area contributed by atoms with E-state index in [1.54, 1.807) is 6.07 Å². The van der Waals surface area contributed by atoms with E-state index < -0.39 is 44.7 Å². The highest BCUT2D eigenvalue weighted by atomic mass is 32.2. The second-order valence-corrected chi connectivity index (χ2v) is 9.21. The lowest BCUT2D eigenvalue weighted by atomic mass is 10.2. The van der Waals surface area contributed by atoms with Crippen LogP contribution in [0.3, 0.4) is 0 Å². The summed E-state index contributed by atoms with van der Waals surface area (Å²) in [5, 5.41) is 4.93. The summed E-state index contributed by atoms with van der Waals surface area (Å²) in [5.41, 5.74) is -0.800. The molecule has 0 saturated heterocycles. The van der Waals surface area contributed by atoms with Crippen molar-refractivity contribution in [1.82, 2.24) is 4.72 Å². The molecule has 0 aliphatic heterocycles. The summed E-state index contributed by atoms with van der Waals surface area (Å²) in [6.07, 6.45) is -5.57. The fourth-order valence-electron chi connectivity index (χ4n) is 2.61. The van der Waals surface area contributed by atoms with Crippen molar-refractivity contribution in [2.24, 2.45) is 5.92 Å². The third-order valence-electron chi connectivity index (χ3n) is 4.13. The number of carbonyl (C=O) groups is 2. The zero-order valence-corrected chi connectivity index (χ0v) is 18.9. The van der Waals surface area contributed by atoms with Gasteiger partial charge in [-0.25, -0.2) is 13.2 Å². The molecule has 0 saturated carbocycles. The van der Waals surface area contributed by atoms with Crippen LogP contribution in [0.4, 0.5) is 29.3 Å². The molecule has 8 nitrogen and oxygen atoms in total. The van der Waals surface area contributed by atoms with E-state index in [2.05, 4.69) is 10.6 Å². The first-order valence-electron chi connectivity index (χ1n) is 9.83. The molecule has 2 aromatic carbocycles. The summed E-state index contributed by atoms with van der Waals surface area (Å²) in [6.45, 7) is 5.16. The van der Waals surface area contributed by atoms with Crippen LogP contribution in [0.2, 0.25) is 0 Å². The molecule has 0 spiro atoms. The molecule has 12 heteroatoms. The first kappa shape index (κ1) is 26.1. The molecule has 0 aromatic heterocycles. The van der Waals surface area contributed by atoms with Gasteiger partial charge in [-0.2, -0.15) is 17.9 Å². The molecule has 1 atom stereocenters. The van der Waals surface area contributed by atoms with Crippen molar-refractivity contribution in [3.63, 3.8) is 0 Å². The first-order chi connectivity index (χ1) is 15.3. The van der Waals surface area contributed by atoms with Crippen LogP contribution < -0.4 is 15.4 Å². The molecule has 33 heavy (non-hydrogen) atoms. The van der Waals surface area contributed by atoms with Crippen LogP contribution in [0.1, 0.15) is 26.3 Å². The Morgan fingerprint density at radius 2 is 1.58 bits per heavy atom. The van der Waals surface area contributed by atoms with Crippen molar-refractivity contribution in [2.75, 3.05) is 17.2 Å². The lowest BCUT2D eigenvalue weighted by Gasteiger charge is -2.17. The Labute approximate surface area is 189 Å². The summed E-state index contributed by atoms with van der Waals surface area (Å²) in [4.78, 5) is 23.2. The summed E-state index contributed by atoms with van der Waals surface area (Å²) in [6, 6.07) is 8.25. The molecule has 0 unspecified atom stereocenters. The SMILES string of the molecule is CC(C)COC(=O)Nc1cccc(NC(=O)[C@H](C)NS(=O)(=O)c2ccccc2C(F)(F)F)c1. The van der Waals surface area contributed by atoms with Gasteiger partial charge in [-0.05, 0) is 43.2 Å². The summed E-state index contributed by atoms with van der Waals surface area (Å²) < 4.78 is 71.5. The number of carbonyl (C=O) groups excluding carboxylic acids is 2. The van der Waals surface area contributed by atoms with E-state index in [4.69, 9.17) is 4.74 Å². The monoisotopic (exact) mass is 487 g/mol. The summed E-state index contributed by atoms with van der Waals surface area (Å²) in [7, 11) is -4.65. The number of amides is 2. The lowest BCUT2D eigenvalue weighted by Crippen LogP contribution is -2.42. The highest BCUT2D eigenvalue weighted by Crippen LogP contribution is 2.33. The van der Waals surface area contributed by atoms with Gasteiger partial charge in [0.25, 0.3) is 0 Å². The smallest absolute Gasteiger partial charge is 0.417 e. The summed E-state index contributed by atoms with van der Waals surface area (Å²) in [5.74, 6) is -0.669. The average Bonchev–Trinajstić information content (AvgIpc) is 2.71. The van der Waals surface area contributed by atoms with E-state index in [1.165, 1.54) is 25.1 Å². The molecule has 0 aliphatic rings. The van der Waals surface area contributed by atoms with Crippen LogP contribution in [0.25, 0.3) is 0 Å². The van der Waals surface area contributed by atoms with E-state index in [-0.39, 0.29) is 18.2 Å². The Kier molecular flexibility index (Phi) is 8.45. The predicted octanol–water partition coefficient (Wildman–Crippen LogP) is 4.22. The van der Waals surface area contributed by atoms with Gasteiger partial charge in [0.2, 0.25) is 15.9 Å². The van der Waals surface area contributed by atoms with Crippen LogP contribution in [0, 0.1) is 5.92 Å². The largest absolute Gasteiger partial charge is 0.449 e. The molecular formula is C21H24F3N3O5S. The average molecular weight is 488 g/mol. The third-order valence-corrected chi connectivity index (χ3v) is 5.73. The molecule has 0 aliphatic carbocycles. The minimum Gasteiger partial charge on any atom is -0.449 e. The van der Waals surface area contributed by atoms with Gasteiger partial charge >= 0.3 is 12.3 Å². The number of ether oxygens (including phenoxy) is 1. The maximum Gasteiger partial charge on any atom is 0.417 e. The van der Waals surface area contributed by atoms with Gasteiger partial charge in [-0.1, -0.05) is 32.0 Å². The van der Waals surface area contributed by atoms with Crippen LogP contribution in [0.15, 0.2) is 53.4 Å². The Hall–Kier alpha value is -3.12. The second kappa shape index (κ2) is 10.7. The molecule has 2 rings (SSSR count). The molecule has 3 N–H and O–H groups in total. The fourth-order valence-corrected chi connectivity index (χ4v) is 4.04.